The fraction of sp³-hybridized carbons (Fsp3) is 0.219. The summed E-state index contributed by atoms with van der Waals surface area (Å²) in [6, 6.07) is 19.6. The molecule has 3 aromatic carbocycles. The molecule has 1 heterocycles. The van der Waals surface area contributed by atoms with Gasteiger partial charge in [-0.05, 0) is 84.3 Å². The lowest BCUT2D eigenvalue weighted by atomic mass is 9.88. The number of ether oxygens (including phenoxy) is 2. The molecule has 0 spiro atoms. The quantitative estimate of drug-likeness (QED) is 0.0972. The predicted octanol–water partition coefficient (Wildman–Crippen LogP) is 5.51. The smallest absolute Gasteiger partial charge is 0.344 e. The van der Waals surface area contributed by atoms with Crippen LogP contribution in [0.1, 0.15) is 57.0 Å². The first-order valence-electron chi connectivity index (χ1n) is 13.6. The number of hydrogen-bond donors (Lipinski definition) is 2. The van der Waals surface area contributed by atoms with E-state index in [1.165, 1.54) is 17.6 Å². The van der Waals surface area contributed by atoms with Gasteiger partial charge in [0.2, 0.25) is 0 Å². The third kappa shape index (κ3) is 6.39. The first-order chi connectivity index (χ1) is 20.3. The highest BCUT2D eigenvalue weighted by Gasteiger charge is 2.30. The topological polar surface area (TPSA) is 123 Å². The zero-order valence-electron chi connectivity index (χ0n) is 23.1. The number of nitrogens with one attached hydrogen (secondary N) is 2. The molecule has 42 heavy (non-hydrogen) atoms. The van der Waals surface area contributed by atoms with Gasteiger partial charge in [-0.15, -0.1) is 11.3 Å². The Morgan fingerprint density at radius 3 is 2.52 bits per heavy atom. The first-order valence-corrected chi connectivity index (χ1v) is 14.4. The molecular weight excluding hydrogens is 554 g/mol. The maximum atomic E-state index is 12.8. The molecule has 0 fully saturated rings. The van der Waals surface area contributed by atoms with Crippen LogP contribution in [-0.4, -0.2) is 36.6 Å². The van der Waals surface area contributed by atoms with Crippen molar-refractivity contribution in [2.45, 2.75) is 33.1 Å². The van der Waals surface area contributed by atoms with Crippen LogP contribution in [0.3, 0.4) is 0 Å². The van der Waals surface area contributed by atoms with Gasteiger partial charge < -0.3 is 14.8 Å². The van der Waals surface area contributed by atoms with Crippen molar-refractivity contribution >= 4 is 57.1 Å². The molecule has 0 saturated carbocycles. The normalized spacial score (nSPS) is 14.3. The van der Waals surface area contributed by atoms with E-state index in [-0.39, 0.29) is 6.61 Å². The molecule has 214 valence electrons. The number of esters is 2. The van der Waals surface area contributed by atoms with Gasteiger partial charge in [0.1, 0.15) is 10.8 Å². The summed E-state index contributed by atoms with van der Waals surface area (Å²) in [6.07, 6.45) is 3.82. The molecule has 5 rings (SSSR count). The lowest BCUT2D eigenvalue weighted by Gasteiger charge is -2.18. The van der Waals surface area contributed by atoms with Gasteiger partial charge >= 0.3 is 23.8 Å². The van der Waals surface area contributed by atoms with Crippen molar-refractivity contribution in [3.63, 3.8) is 0 Å². The molecule has 4 aromatic rings. The van der Waals surface area contributed by atoms with Crippen molar-refractivity contribution < 1.29 is 28.7 Å². The first kappa shape index (κ1) is 28.7. The number of benzene rings is 3. The molecular formula is C32H29N3O6S. The van der Waals surface area contributed by atoms with Crippen molar-refractivity contribution in [2.24, 2.45) is 11.0 Å². The molecule has 0 aliphatic heterocycles. The molecule has 0 radical (unpaired) electrons. The summed E-state index contributed by atoms with van der Waals surface area (Å²) in [4.78, 5) is 51.5. The van der Waals surface area contributed by atoms with Gasteiger partial charge in [0.25, 0.3) is 0 Å². The van der Waals surface area contributed by atoms with Gasteiger partial charge in [0.05, 0.1) is 23.9 Å². The van der Waals surface area contributed by atoms with Crippen molar-refractivity contribution in [3.05, 3.63) is 93.9 Å². The number of hydrogen-bond acceptors (Lipinski definition) is 8. The molecule has 1 unspecified atom stereocenters. The number of rotatable bonds is 7. The number of carbonyl (C=O) groups excluding carboxylic acids is 4. The molecule has 10 heteroatoms. The van der Waals surface area contributed by atoms with Crippen LogP contribution in [0.2, 0.25) is 0 Å². The van der Waals surface area contributed by atoms with E-state index in [0.29, 0.717) is 39.8 Å². The minimum absolute atomic E-state index is 0.204. The molecule has 9 nitrogen and oxygen atoms in total. The van der Waals surface area contributed by atoms with Crippen molar-refractivity contribution in [3.8, 4) is 5.75 Å². The highest BCUT2D eigenvalue weighted by Crippen LogP contribution is 2.40. The largest absolute Gasteiger partial charge is 0.462 e. The number of nitrogens with zero attached hydrogens (tertiary/aromatic N) is 1. The van der Waals surface area contributed by atoms with Crippen LogP contribution in [0.15, 0.2) is 71.8 Å². The molecule has 0 bridgehead atoms. The van der Waals surface area contributed by atoms with E-state index in [4.69, 9.17) is 9.47 Å². The molecule has 1 aliphatic rings. The molecule has 0 saturated heterocycles. The van der Waals surface area contributed by atoms with E-state index >= 15 is 0 Å². The van der Waals surface area contributed by atoms with E-state index in [0.717, 1.165) is 34.1 Å². The number of carbonyl (C=O) groups is 4. The van der Waals surface area contributed by atoms with Gasteiger partial charge in [-0.25, -0.2) is 15.0 Å². The Morgan fingerprint density at radius 1 is 0.976 bits per heavy atom. The van der Waals surface area contributed by atoms with Crippen LogP contribution in [0.5, 0.6) is 5.75 Å². The van der Waals surface area contributed by atoms with Crippen LogP contribution in [0, 0.1) is 5.92 Å². The maximum absolute atomic E-state index is 12.8. The van der Waals surface area contributed by atoms with Gasteiger partial charge in [-0.1, -0.05) is 43.3 Å². The summed E-state index contributed by atoms with van der Waals surface area (Å²) in [6.45, 7) is 4.06. The minimum Gasteiger partial charge on any atom is -0.462 e. The van der Waals surface area contributed by atoms with Crippen molar-refractivity contribution in [1.82, 2.24) is 5.43 Å². The number of hydrazone groups is 1. The summed E-state index contributed by atoms with van der Waals surface area (Å²) in [5, 5.41) is 8.48. The second-order valence-corrected chi connectivity index (χ2v) is 11.0. The van der Waals surface area contributed by atoms with Crippen molar-refractivity contribution in [2.75, 3.05) is 11.9 Å². The van der Waals surface area contributed by atoms with Crippen LogP contribution in [0.4, 0.5) is 5.00 Å². The van der Waals surface area contributed by atoms with Crippen LogP contribution in [-0.2, 0) is 27.2 Å². The van der Waals surface area contributed by atoms with Gasteiger partial charge in [0, 0.05) is 4.88 Å². The van der Waals surface area contributed by atoms with E-state index in [9.17, 15) is 19.2 Å². The molecule has 1 aliphatic carbocycles. The van der Waals surface area contributed by atoms with Gasteiger partial charge in [-0.3, -0.25) is 9.59 Å². The van der Waals surface area contributed by atoms with Gasteiger partial charge in [0.15, 0.2) is 0 Å². The molecule has 1 aromatic heterocycles. The number of amides is 2. The summed E-state index contributed by atoms with van der Waals surface area (Å²) in [5.74, 6) is -2.10. The average molecular weight is 584 g/mol. The van der Waals surface area contributed by atoms with Crippen LogP contribution < -0.4 is 15.5 Å². The fourth-order valence-electron chi connectivity index (χ4n) is 4.82. The summed E-state index contributed by atoms with van der Waals surface area (Å²) in [5.41, 5.74) is 4.48. The lowest BCUT2D eigenvalue weighted by Crippen LogP contribution is -2.32. The standard InChI is InChI=1S/C32H29N3O6S/c1-3-40-32(39)27-25-16-11-19(2)17-26(25)42-30(27)34-28(36)29(37)35-33-18-20-12-14-22(15-13-20)41-31(38)24-10-6-8-21-7-4-5-9-23(21)24/h4-10,12-15,18-19H,3,11,16-17H2,1-2H3,(H,34,36)(H,35,37)/b33-18+. The summed E-state index contributed by atoms with van der Waals surface area (Å²) < 4.78 is 10.7. The third-order valence-corrected chi connectivity index (χ3v) is 8.07. The summed E-state index contributed by atoms with van der Waals surface area (Å²) in [7, 11) is 0. The zero-order valence-corrected chi connectivity index (χ0v) is 24.0. The van der Waals surface area contributed by atoms with Crippen molar-refractivity contribution in [1.29, 1.82) is 0 Å². The van der Waals surface area contributed by atoms with Crippen LogP contribution in [0.25, 0.3) is 10.8 Å². The molecule has 1 atom stereocenters. The highest BCUT2D eigenvalue weighted by atomic mass is 32.1. The van der Waals surface area contributed by atoms with Crippen LogP contribution >= 0.6 is 11.3 Å². The zero-order chi connectivity index (χ0) is 29.6. The molecule has 2 amide bonds. The SMILES string of the molecule is CCOC(=O)c1c(NC(=O)C(=O)N/N=C/c2ccc(OC(=O)c3cccc4ccccc34)cc2)sc2c1CCC(C)C2. The van der Waals surface area contributed by atoms with E-state index in [1.54, 1.807) is 43.3 Å². The fourth-order valence-corrected chi connectivity index (χ4v) is 6.22. The lowest BCUT2D eigenvalue weighted by molar-refractivity contribution is -0.136. The second kappa shape index (κ2) is 12.8. The van der Waals surface area contributed by atoms with Gasteiger partial charge in [-0.2, -0.15) is 5.10 Å². The predicted molar refractivity (Wildman–Crippen MR) is 161 cm³/mol. The average Bonchev–Trinajstić information content (AvgIpc) is 3.34. The Kier molecular flexibility index (Phi) is 8.73. The Labute approximate surface area is 246 Å². The van der Waals surface area contributed by atoms with E-state index in [1.807, 2.05) is 30.3 Å². The third-order valence-electron chi connectivity index (χ3n) is 6.90. The Hall–Kier alpha value is -4.83. The molecule has 2 N–H and O–H groups in total. The highest BCUT2D eigenvalue weighted by molar-refractivity contribution is 7.17. The summed E-state index contributed by atoms with van der Waals surface area (Å²) >= 11 is 1.30. The number of fused-ring (bicyclic) bond motifs is 2. The second-order valence-electron chi connectivity index (χ2n) is 9.91. The minimum atomic E-state index is -0.985. The Balaban J connectivity index is 1.19. The number of thiophene rings is 1. The van der Waals surface area contributed by atoms with E-state index in [2.05, 4.69) is 22.8 Å². The number of anilines is 1. The monoisotopic (exact) mass is 583 g/mol. The Bertz CT molecular complexity index is 1690. The Morgan fingerprint density at radius 2 is 1.74 bits per heavy atom. The van der Waals surface area contributed by atoms with E-state index < -0.39 is 23.8 Å². The maximum Gasteiger partial charge on any atom is 0.344 e.